The number of allylic oxidation sites excluding steroid dienone is 1. The second kappa shape index (κ2) is 4.55. The molecular formula is C10H19N. The Morgan fingerprint density at radius 1 is 1.09 bits per heavy atom. The Kier molecular flexibility index (Phi) is 3.64. The van der Waals surface area contributed by atoms with Crippen LogP contribution < -0.4 is 0 Å². The third kappa shape index (κ3) is 3.06. The van der Waals surface area contributed by atoms with E-state index in [2.05, 4.69) is 30.9 Å². The highest BCUT2D eigenvalue weighted by Gasteiger charge is 2.07. The van der Waals surface area contributed by atoms with Crippen LogP contribution in [0.1, 0.15) is 33.1 Å². The first kappa shape index (κ1) is 8.79. The molecule has 0 radical (unpaired) electrons. The standard InChI is InChI=1S/C10H19N/c1-10(2)11-8-6-4-3-5-7-9-11/h3-4,10H,5-9H2,1-2H3/b4-3-. The van der Waals surface area contributed by atoms with E-state index in [1.165, 1.54) is 32.4 Å². The number of hydrogen-bond acceptors (Lipinski definition) is 1. The first-order chi connectivity index (χ1) is 5.30. The van der Waals surface area contributed by atoms with Crippen LogP contribution in [0.2, 0.25) is 0 Å². The molecule has 0 N–H and O–H groups in total. The first-order valence-corrected chi connectivity index (χ1v) is 4.70. The van der Waals surface area contributed by atoms with Gasteiger partial charge in [0.1, 0.15) is 0 Å². The van der Waals surface area contributed by atoms with Crippen molar-refractivity contribution >= 4 is 0 Å². The van der Waals surface area contributed by atoms with E-state index >= 15 is 0 Å². The van der Waals surface area contributed by atoms with Crippen LogP contribution in [0.5, 0.6) is 0 Å². The maximum absolute atomic E-state index is 2.56. The van der Waals surface area contributed by atoms with E-state index in [1.807, 2.05) is 0 Å². The summed E-state index contributed by atoms with van der Waals surface area (Å²) >= 11 is 0. The highest BCUT2D eigenvalue weighted by molar-refractivity contribution is 4.85. The third-order valence-corrected chi connectivity index (χ3v) is 2.30. The molecule has 0 aliphatic carbocycles. The molecule has 1 aliphatic rings. The summed E-state index contributed by atoms with van der Waals surface area (Å²) < 4.78 is 0. The van der Waals surface area contributed by atoms with Crippen LogP contribution in [0.15, 0.2) is 12.2 Å². The molecule has 0 bridgehead atoms. The Bertz CT molecular complexity index is 127. The van der Waals surface area contributed by atoms with Gasteiger partial charge < -0.3 is 4.90 Å². The summed E-state index contributed by atoms with van der Waals surface area (Å²) in [6.07, 6.45) is 8.46. The smallest absolute Gasteiger partial charge is 0.00387 e. The molecule has 1 heterocycles. The largest absolute Gasteiger partial charge is 0.301 e. The minimum Gasteiger partial charge on any atom is -0.301 e. The minimum atomic E-state index is 0.724. The zero-order chi connectivity index (χ0) is 8.10. The fourth-order valence-corrected chi connectivity index (χ4v) is 1.52. The van der Waals surface area contributed by atoms with Crippen molar-refractivity contribution in [3.8, 4) is 0 Å². The lowest BCUT2D eigenvalue weighted by molar-refractivity contribution is 0.221. The van der Waals surface area contributed by atoms with Crippen LogP contribution in [0.25, 0.3) is 0 Å². The van der Waals surface area contributed by atoms with Crippen molar-refractivity contribution in [2.75, 3.05) is 13.1 Å². The molecule has 0 unspecified atom stereocenters. The molecule has 0 saturated heterocycles. The summed E-state index contributed by atoms with van der Waals surface area (Å²) in [4.78, 5) is 2.56. The Labute approximate surface area is 70.1 Å². The lowest BCUT2D eigenvalue weighted by atomic mass is 10.2. The molecule has 0 spiro atoms. The molecule has 1 nitrogen and oxygen atoms in total. The van der Waals surface area contributed by atoms with Gasteiger partial charge in [0.05, 0.1) is 0 Å². The van der Waals surface area contributed by atoms with Crippen molar-refractivity contribution in [1.82, 2.24) is 4.90 Å². The molecule has 1 rings (SSSR count). The summed E-state index contributed by atoms with van der Waals surface area (Å²) in [6.45, 7) is 7.09. The van der Waals surface area contributed by atoms with Gasteiger partial charge >= 0.3 is 0 Å². The molecule has 11 heavy (non-hydrogen) atoms. The molecule has 0 fully saturated rings. The van der Waals surface area contributed by atoms with Crippen molar-refractivity contribution in [3.63, 3.8) is 0 Å². The van der Waals surface area contributed by atoms with Gasteiger partial charge in [-0.15, -0.1) is 0 Å². The van der Waals surface area contributed by atoms with E-state index < -0.39 is 0 Å². The topological polar surface area (TPSA) is 3.24 Å². The summed E-state index contributed by atoms with van der Waals surface area (Å²) in [7, 11) is 0. The lowest BCUT2D eigenvalue weighted by Crippen LogP contribution is -2.32. The van der Waals surface area contributed by atoms with Gasteiger partial charge in [0.25, 0.3) is 0 Å². The van der Waals surface area contributed by atoms with Crippen molar-refractivity contribution in [2.45, 2.75) is 39.2 Å². The molecule has 64 valence electrons. The molecule has 1 heteroatoms. The fourth-order valence-electron chi connectivity index (χ4n) is 1.52. The van der Waals surface area contributed by atoms with E-state index in [0.29, 0.717) is 0 Å². The maximum Gasteiger partial charge on any atom is 0.00387 e. The zero-order valence-electron chi connectivity index (χ0n) is 7.71. The van der Waals surface area contributed by atoms with Gasteiger partial charge in [-0.05, 0) is 39.7 Å². The molecule has 0 atom stereocenters. The van der Waals surface area contributed by atoms with Crippen LogP contribution in [-0.2, 0) is 0 Å². The molecular weight excluding hydrogens is 134 g/mol. The summed E-state index contributed by atoms with van der Waals surface area (Å²) in [6, 6.07) is 0.724. The zero-order valence-corrected chi connectivity index (χ0v) is 7.71. The van der Waals surface area contributed by atoms with Crippen LogP contribution >= 0.6 is 0 Å². The maximum atomic E-state index is 2.56. The van der Waals surface area contributed by atoms with Gasteiger partial charge in [0, 0.05) is 12.6 Å². The normalized spacial score (nSPS) is 24.6. The molecule has 0 saturated carbocycles. The van der Waals surface area contributed by atoms with E-state index in [4.69, 9.17) is 0 Å². The van der Waals surface area contributed by atoms with Gasteiger partial charge in [-0.1, -0.05) is 12.2 Å². The third-order valence-electron chi connectivity index (χ3n) is 2.30. The Balaban J connectivity index is 2.35. The SMILES string of the molecule is CC(C)N1CC/C=C\CCC1. The quantitative estimate of drug-likeness (QED) is 0.523. The monoisotopic (exact) mass is 153 g/mol. The van der Waals surface area contributed by atoms with Crippen molar-refractivity contribution < 1.29 is 0 Å². The van der Waals surface area contributed by atoms with Gasteiger partial charge in [0.15, 0.2) is 0 Å². The van der Waals surface area contributed by atoms with Crippen molar-refractivity contribution in [3.05, 3.63) is 12.2 Å². The highest BCUT2D eigenvalue weighted by Crippen LogP contribution is 2.06. The number of rotatable bonds is 1. The first-order valence-electron chi connectivity index (χ1n) is 4.70. The van der Waals surface area contributed by atoms with Crippen LogP contribution in [-0.4, -0.2) is 24.0 Å². The number of nitrogens with zero attached hydrogens (tertiary/aromatic N) is 1. The van der Waals surface area contributed by atoms with Crippen LogP contribution in [0.4, 0.5) is 0 Å². The summed E-state index contributed by atoms with van der Waals surface area (Å²) in [5, 5.41) is 0. The Morgan fingerprint density at radius 2 is 1.82 bits per heavy atom. The second-order valence-corrected chi connectivity index (χ2v) is 3.53. The van der Waals surface area contributed by atoms with E-state index in [9.17, 15) is 0 Å². The lowest BCUT2D eigenvalue weighted by Gasteiger charge is -2.26. The van der Waals surface area contributed by atoms with E-state index in [-0.39, 0.29) is 0 Å². The van der Waals surface area contributed by atoms with Crippen LogP contribution in [0.3, 0.4) is 0 Å². The Hall–Kier alpha value is -0.300. The molecule has 0 aromatic heterocycles. The van der Waals surface area contributed by atoms with Crippen molar-refractivity contribution in [1.29, 1.82) is 0 Å². The molecule has 0 aromatic carbocycles. The van der Waals surface area contributed by atoms with Crippen molar-refractivity contribution in [2.24, 2.45) is 0 Å². The van der Waals surface area contributed by atoms with Crippen LogP contribution in [0, 0.1) is 0 Å². The number of hydrogen-bond donors (Lipinski definition) is 0. The van der Waals surface area contributed by atoms with E-state index in [1.54, 1.807) is 0 Å². The average Bonchev–Trinajstić information content (AvgIpc) is 1.84. The van der Waals surface area contributed by atoms with Gasteiger partial charge in [-0.3, -0.25) is 0 Å². The molecule has 0 amide bonds. The highest BCUT2D eigenvalue weighted by atomic mass is 15.1. The predicted molar refractivity (Wildman–Crippen MR) is 49.7 cm³/mol. The average molecular weight is 153 g/mol. The summed E-state index contributed by atoms with van der Waals surface area (Å²) in [5.41, 5.74) is 0. The second-order valence-electron chi connectivity index (χ2n) is 3.53. The fraction of sp³-hybridized carbons (Fsp3) is 0.800. The molecule has 0 aromatic rings. The molecule has 1 aliphatic heterocycles. The van der Waals surface area contributed by atoms with Gasteiger partial charge in [-0.25, -0.2) is 0 Å². The van der Waals surface area contributed by atoms with Gasteiger partial charge in [0.2, 0.25) is 0 Å². The van der Waals surface area contributed by atoms with Gasteiger partial charge in [-0.2, -0.15) is 0 Å². The van der Waals surface area contributed by atoms with E-state index in [0.717, 1.165) is 6.04 Å². The minimum absolute atomic E-state index is 0.724. The Morgan fingerprint density at radius 3 is 2.55 bits per heavy atom. The predicted octanol–water partition coefficient (Wildman–Crippen LogP) is 2.44. The summed E-state index contributed by atoms with van der Waals surface area (Å²) in [5.74, 6) is 0.